The summed E-state index contributed by atoms with van der Waals surface area (Å²) in [6, 6.07) is 8.03. The largest absolute Gasteiger partial charge is 0.355 e. The van der Waals surface area contributed by atoms with E-state index in [2.05, 4.69) is 33.1 Å². The van der Waals surface area contributed by atoms with E-state index >= 15 is 0 Å². The van der Waals surface area contributed by atoms with Crippen LogP contribution in [0.5, 0.6) is 0 Å². The maximum atomic E-state index is 12.9. The first kappa shape index (κ1) is 15.3. The van der Waals surface area contributed by atoms with Gasteiger partial charge < -0.3 is 14.7 Å². The minimum absolute atomic E-state index is 0.000211. The Labute approximate surface area is 142 Å². The zero-order valence-corrected chi connectivity index (χ0v) is 14.1. The summed E-state index contributed by atoms with van der Waals surface area (Å²) in [7, 11) is 2.09. The first-order chi connectivity index (χ1) is 11.7. The number of amides is 1. The molecule has 2 fully saturated rings. The predicted octanol–water partition coefficient (Wildman–Crippen LogP) is 1.62. The van der Waals surface area contributed by atoms with E-state index in [0.717, 1.165) is 55.9 Å². The molecule has 2 aromatic rings. The lowest BCUT2D eigenvalue weighted by Crippen LogP contribution is -2.47. The Morgan fingerprint density at radius 1 is 0.917 bits per heavy atom. The Morgan fingerprint density at radius 2 is 1.58 bits per heavy atom. The summed E-state index contributed by atoms with van der Waals surface area (Å²) in [4.78, 5) is 19.4. The lowest BCUT2D eigenvalue weighted by Gasteiger charge is -2.32. The highest BCUT2D eigenvalue weighted by molar-refractivity contribution is 6.07. The SMILES string of the molecule is CN1CCN(C(=O)c2nnc(N3CCCC3)c3ccccc23)CC1. The molecule has 0 spiro atoms. The molecule has 1 amide bonds. The summed E-state index contributed by atoms with van der Waals surface area (Å²) < 4.78 is 0. The highest BCUT2D eigenvalue weighted by Crippen LogP contribution is 2.28. The molecule has 2 aliphatic heterocycles. The van der Waals surface area contributed by atoms with E-state index < -0.39 is 0 Å². The summed E-state index contributed by atoms with van der Waals surface area (Å²) in [6.07, 6.45) is 2.38. The topological polar surface area (TPSA) is 52.6 Å². The molecular weight excluding hydrogens is 302 g/mol. The number of anilines is 1. The number of fused-ring (bicyclic) bond motifs is 1. The lowest BCUT2D eigenvalue weighted by atomic mass is 10.1. The number of piperazine rings is 1. The molecule has 1 aromatic carbocycles. The van der Waals surface area contributed by atoms with E-state index in [1.807, 2.05) is 23.1 Å². The first-order valence-corrected chi connectivity index (χ1v) is 8.72. The summed E-state index contributed by atoms with van der Waals surface area (Å²) >= 11 is 0. The van der Waals surface area contributed by atoms with Crippen molar-refractivity contribution in [1.82, 2.24) is 20.0 Å². The van der Waals surface area contributed by atoms with E-state index in [1.165, 1.54) is 12.8 Å². The molecule has 6 heteroatoms. The van der Waals surface area contributed by atoms with Gasteiger partial charge in [0.15, 0.2) is 11.5 Å². The minimum atomic E-state index is -0.000211. The van der Waals surface area contributed by atoms with Crippen molar-refractivity contribution < 1.29 is 4.79 Å². The van der Waals surface area contributed by atoms with Crippen molar-refractivity contribution in [3.8, 4) is 0 Å². The van der Waals surface area contributed by atoms with E-state index in [4.69, 9.17) is 0 Å². The van der Waals surface area contributed by atoms with Gasteiger partial charge >= 0.3 is 0 Å². The van der Waals surface area contributed by atoms with Gasteiger partial charge in [-0.3, -0.25) is 4.79 Å². The Balaban J connectivity index is 1.71. The minimum Gasteiger partial charge on any atom is -0.355 e. The summed E-state index contributed by atoms with van der Waals surface area (Å²) in [5.74, 6) is 0.915. The molecule has 4 rings (SSSR count). The average Bonchev–Trinajstić information content (AvgIpc) is 3.15. The molecule has 2 saturated heterocycles. The van der Waals surface area contributed by atoms with E-state index in [-0.39, 0.29) is 5.91 Å². The number of likely N-dealkylation sites (N-methyl/N-ethyl adjacent to an activating group) is 1. The summed E-state index contributed by atoms with van der Waals surface area (Å²) in [5.41, 5.74) is 0.484. The van der Waals surface area contributed by atoms with Gasteiger partial charge in [0.25, 0.3) is 5.91 Å². The van der Waals surface area contributed by atoms with Crippen LogP contribution in [0, 0.1) is 0 Å². The Kier molecular flexibility index (Phi) is 4.06. The maximum absolute atomic E-state index is 12.9. The fourth-order valence-corrected chi connectivity index (χ4v) is 3.57. The van der Waals surface area contributed by atoms with E-state index in [1.54, 1.807) is 0 Å². The van der Waals surface area contributed by atoms with Gasteiger partial charge in [0.2, 0.25) is 0 Å². The number of hydrogen-bond acceptors (Lipinski definition) is 5. The van der Waals surface area contributed by atoms with Crippen LogP contribution in [0.15, 0.2) is 24.3 Å². The normalized spacial score (nSPS) is 19.2. The van der Waals surface area contributed by atoms with Crippen LogP contribution in [0.2, 0.25) is 0 Å². The molecule has 0 radical (unpaired) electrons. The quantitative estimate of drug-likeness (QED) is 0.840. The van der Waals surface area contributed by atoms with Crippen molar-refractivity contribution >= 4 is 22.5 Å². The second-order valence-electron chi connectivity index (χ2n) is 6.71. The van der Waals surface area contributed by atoms with Crippen molar-refractivity contribution in [3.05, 3.63) is 30.0 Å². The Hall–Kier alpha value is -2.21. The number of carbonyl (C=O) groups excluding carboxylic acids is 1. The summed E-state index contributed by atoms with van der Waals surface area (Å²) in [6.45, 7) is 5.35. The van der Waals surface area contributed by atoms with Crippen molar-refractivity contribution in [1.29, 1.82) is 0 Å². The van der Waals surface area contributed by atoms with Crippen molar-refractivity contribution in [3.63, 3.8) is 0 Å². The van der Waals surface area contributed by atoms with Gasteiger partial charge in [0.1, 0.15) is 0 Å². The van der Waals surface area contributed by atoms with Gasteiger partial charge in [-0.05, 0) is 19.9 Å². The van der Waals surface area contributed by atoms with Crippen LogP contribution in [0.25, 0.3) is 10.8 Å². The highest BCUT2D eigenvalue weighted by Gasteiger charge is 2.25. The zero-order chi connectivity index (χ0) is 16.5. The molecule has 6 nitrogen and oxygen atoms in total. The molecule has 0 atom stereocenters. The van der Waals surface area contributed by atoms with Gasteiger partial charge in [-0.15, -0.1) is 10.2 Å². The monoisotopic (exact) mass is 325 g/mol. The van der Waals surface area contributed by atoms with Crippen LogP contribution >= 0.6 is 0 Å². The maximum Gasteiger partial charge on any atom is 0.275 e. The number of benzene rings is 1. The predicted molar refractivity (Wildman–Crippen MR) is 94.4 cm³/mol. The van der Waals surface area contributed by atoms with Crippen molar-refractivity contribution in [2.45, 2.75) is 12.8 Å². The van der Waals surface area contributed by atoms with Gasteiger partial charge in [0, 0.05) is 50.0 Å². The fraction of sp³-hybridized carbons (Fsp3) is 0.500. The number of carbonyl (C=O) groups is 1. The van der Waals surface area contributed by atoms with Crippen LogP contribution in [0.4, 0.5) is 5.82 Å². The highest BCUT2D eigenvalue weighted by atomic mass is 16.2. The lowest BCUT2D eigenvalue weighted by molar-refractivity contribution is 0.0659. The fourth-order valence-electron chi connectivity index (χ4n) is 3.57. The molecule has 0 N–H and O–H groups in total. The number of nitrogens with zero attached hydrogens (tertiary/aromatic N) is 5. The number of aromatic nitrogens is 2. The third-order valence-electron chi connectivity index (χ3n) is 5.07. The number of rotatable bonds is 2. The van der Waals surface area contributed by atoms with Crippen LogP contribution in [0.1, 0.15) is 23.3 Å². The van der Waals surface area contributed by atoms with Crippen molar-refractivity contribution in [2.75, 3.05) is 51.2 Å². The zero-order valence-electron chi connectivity index (χ0n) is 14.1. The van der Waals surface area contributed by atoms with Gasteiger partial charge in [-0.2, -0.15) is 0 Å². The van der Waals surface area contributed by atoms with E-state index in [9.17, 15) is 4.79 Å². The van der Waals surface area contributed by atoms with Crippen LogP contribution in [0.3, 0.4) is 0 Å². The van der Waals surface area contributed by atoms with Crippen LogP contribution in [-0.2, 0) is 0 Å². The van der Waals surface area contributed by atoms with Crippen LogP contribution in [-0.4, -0.2) is 72.2 Å². The smallest absolute Gasteiger partial charge is 0.275 e. The molecule has 3 heterocycles. The van der Waals surface area contributed by atoms with E-state index in [0.29, 0.717) is 5.69 Å². The molecule has 24 heavy (non-hydrogen) atoms. The third kappa shape index (κ3) is 2.71. The Bertz CT molecular complexity index is 748. The molecular formula is C18H23N5O. The van der Waals surface area contributed by atoms with Gasteiger partial charge in [-0.25, -0.2) is 0 Å². The second kappa shape index (κ2) is 6.36. The van der Waals surface area contributed by atoms with Crippen LogP contribution < -0.4 is 4.90 Å². The molecule has 0 bridgehead atoms. The molecule has 126 valence electrons. The molecule has 0 aliphatic carbocycles. The second-order valence-corrected chi connectivity index (χ2v) is 6.71. The average molecular weight is 325 g/mol. The van der Waals surface area contributed by atoms with Crippen molar-refractivity contribution in [2.24, 2.45) is 0 Å². The molecule has 2 aliphatic rings. The summed E-state index contributed by atoms with van der Waals surface area (Å²) in [5, 5.41) is 10.7. The first-order valence-electron chi connectivity index (χ1n) is 8.72. The number of hydrogen-bond donors (Lipinski definition) is 0. The molecule has 0 unspecified atom stereocenters. The standard InChI is InChI=1S/C18H23N5O/c1-21-10-12-23(13-11-21)18(24)16-14-6-2-3-7-15(14)17(20-19-16)22-8-4-5-9-22/h2-3,6-7H,4-5,8-13H2,1H3. The third-order valence-corrected chi connectivity index (χ3v) is 5.07. The van der Waals surface area contributed by atoms with Gasteiger partial charge in [-0.1, -0.05) is 24.3 Å². The molecule has 0 saturated carbocycles. The van der Waals surface area contributed by atoms with Gasteiger partial charge in [0.05, 0.1) is 0 Å². The Morgan fingerprint density at radius 3 is 2.29 bits per heavy atom. The molecule has 1 aromatic heterocycles.